The van der Waals surface area contributed by atoms with E-state index in [2.05, 4.69) is 0 Å². The molecule has 0 aliphatic carbocycles. The molecular weight excluding hydrogens is 364 g/mol. The monoisotopic (exact) mass is 391 g/mol. The zero-order valence-electron chi connectivity index (χ0n) is 14.3. The Kier molecular flexibility index (Phi) is 6.80. The third-order valence-corrected chi connectivity index (χ3v) is 9.08. The summed E-state index contributed by atoms with van der Waals surface area (Å²) in [7, 11) is -9.56. The van der Waals surface area contributed by atoms with Gasteiger partial charge < -0.3 is 0 Å². The molecule has 0 radical (unpaired) electrons. The van der Waals surface area contributed by atoms with Crippen molar-refractivity contribution in [2.45, 2.75) is 75.2 Å². The van der Waals surface area contributed by atoms with E-state index in [0.717, 1.165) is 24.1 Å². The van der Waals surface area contributed by atoms with E-state index in [0.29, 0.717) is 12.8 Å². The van der Waals surface area contributed by atoms with Crippen LogP contribution in [0.4, 0.5) is 8.78 Å². The summed E-state index contributed by atoms with van der Waals surface area (Å²) in [5.74, 6) is -4.13. The van der Waals surface area contributed by atoms with Crippen LogP contribution in [0, 0.1) is 0 Å². The van der Waals surface area contributed by atoms with E-state index in [1.165, 1.54) is 13.8 Å². The molecule has 1 aliphatic heterocycles. The molecule has 24 heavy (non-hydrogen) atoms. The Morgan fingerprint density at radius 3 is 1.83 bits per heavy atom. The van der Waals surface area contributed by atoms with Gasteiger partial charge in [-0.3, -0.25) is 4.55 Å². The number of hydrogen-bond donors (Lipinski definition) is 1. The quantitative estimate of drug-likeness (QED) is 0.674. The van der Waals surface area contributed by atoms with Gasteiger partial charge >= 0.3 is 0 Å². The van der Waals surface area contributed by atoms with E-state index in [-0.39, 0.29) is 13.1 Å². The van der Waals surface area contributed by atoms with E-state index < -0.39 is 48.9 Å². The third-order valence-electron chi connectivity index (χ3n) is 4.99. The zero-order valence-corrected chi connectivity index (χ0v) is 16.0. The highest BCUT2D eigenvalue weighted by Gasteiger charge is 2.65. The summed E-state index contributed by atoms with van der Waals surface area (Å²) in [6.45, 7) is 3.65. The second kappa shape index (κ2) is 7.51. The number of sulfonamides is 1. The standard InChI is InChI=1S/C14H27F2NO5S2/c1-4-12(23(18,19)20)14(15,16)13(3,5-2)24(21,22)17-10-8-6-7-9-11-17/h12H,4-11H2,1-3H3,(H,18,19,20). The normalized spacial score (nSPS) is 22.6. The maximum absolute atomic E-state index is 15.0. The highest BCUT2D eigenvalue weighted by atomic mass is 32.2. The molecule has 10 heteroatoms. The van der Waals surface area contributed by atoms with Crippen molar-refractivity contribution in [1.29, 1.82) is 0 Å². The van der Waals surface area contributed by atoms with Crippen molar-refractivity contribution in [3.05, 3.63) is 0 Å². The van der Waals surface area contributed by atoms with Gasteiger partial charge in [-0.2, -0.15) is 8.42 Å². The van der Waals surface area contributed by atoms with E-state index in [4.69, 9.17) is 0 Å². The molecule has 0 saturated carbocycles. The van der Waals surface area contributed by atoms with E-state index in [1.54, 1.807) is 0 Å². The molecule has 1 heterocycles. The first kappa shape index (κ1) is 21.7. The maximum atomic E-state index is 15.0. The Morgan fingerprint density at radius 1 is 1.04 bits per heavy atom. The molecule has 0 bridgehead atoms. The molecule has 1 rings (SSSR count). The highest BCUT2D eigenvalue weighted by Crippen LogP contribution is 2.45. The molecule has 1 N–H and O–H groups in total. The molecular formula is C14H27F2NO5S2. The van der Waals surface area contributed by atoms with Gasteiger partial charge in [-0.05, 0) is 32.6 Å². The number of rotatable bonds is 7. The minimum absolute atomic E-state index is 0.149. The molecule has 1 saturated heterocycles. The van der Waals surface area contributed by atoms with Crippen LogP contribution in [0.1, 0.15) is 59.3 Å². The Labute approximate surface area is 143 Å². The molecule has 1 aliphatic rings. The van der Waals surface area contributed by atoms with E-state index in [9.17, 15) is 21.4 Å². The summed E-state index contributed by atoms with van der Waals surface area (Å²) in [6.07, 6.45) is 1.77. The highest BCUT2D eigenvalue weighted by molar-refractivity contribution is 7.90. The second-order valence-electron chi connectivity index (χ2n) is 6.44. The van der Waals surface area contributed by atoms with Gasteiger partial charge in [-0.15, -0.1) is 0 Å². The van der Waals surface area contributed by atoms with Crippen molar-refractivity contribution < 1.29 is 30.2 Å². The Balaban J connectivity index is 3.41. The molecule has 2 atom stereocenters. The van der Waals surface area contributed by atoms with Crippen molar-refractivity contribution in [3.63, 3.8) is 0 Å². The Morgan fingerprint density at radius 2 is 1.50 bits per heavy atom. The molecule has 0 aromatic heterocycles. The second-order valence-corrected chi connectivity index (χ2v) is 10.4. The fourth-order valence-corrected chi connectivity index (χ4v) is 6.44. The first-order chi connectivity index (χ1) is 10.9. The number of hydrogen-bond acceptors (Lipinski definition) is 4. The molecule has 0 amide bonds. The fraction of sp³-hybridized carbons (Fsp3) is 1.00. The SMILES string of the molecule is CCC(C(F)(F)C(C)(CC)S(=O)(=O)N1CCCCCC1)S(=O)(=O)O. The van der Waals surface area contributed by atoms with Gasteiger partial charge in [0, 0.05) is 13.1 Å². The lowest BCUT2D eigenvalue weighted by molar-refractivity contribution is -0.0463. The Hall–Kier alpha value is -0.320. The van der Waals surface area contributed by atoms with Crippen molar-refractivity contribution in [1.82, 2.24) is 4.31 Å². The predicted molar refractivity (Wildman–Crippen MR) is 88.2 cm³/mol. The topological polar surface area (TPSA) is 91.8 Å². The summed E-state index contributed by atoms with van der Waals surface area (Å²) >= 11 is 0. The van der Waals surface area contributed by atoms with Gasteiger partial charge in [0.15, 0.2) is 5.25 Å². The van der Waals surface area contributed by atoms with Crippen LogP contribution in [0.3, 0.4) is 0 Å². The average Bonchev–Trinajstić information content (AvgIpc) is 2.74. The molecule has 6 nitrogen and oxygen atoms in total. The van der Waals surface area contributed by atoms with Crippen LogP contribution < -0.4 is 0 Å². The van der Waals surface area contributed by atoms with Gasteiger partial charge in [0.25, 0.3) is 16.0 Å². The van der Waals surface area contributed by atoms with Gasteiger partial charge in [0.05, 0.1) is 0 Å². The largest absolute Gasteiger partial charge is 0.287 e. The van der Waals surface area contributed by atoms with Crippen LogP contribution in [-0.4, -0.2) is 54.7 Å². The number of halogens is 2. The smallest absolute Gasteiger partial charge is 0.285 e. The van der Waals surface area contributed by atoms with Crippen LogP contribution in [0.15, 0.2) is 0 Å². The first-order valence-electron chi connectivity index (χ1n) is 8.20. The number of nitrogens with zero attached hydrogens (tertiary/aromatic N) is 1. The summed E-state index contributed by atoms with van der Waals surface area (Å²) in [4.78, 5) is 0. The average molecular weight is 392 g/mol. The first-order valence-corrected chi connectivity index (χ1v) is 11.1. The van der Waals surface area contributed by atoms with Crippen LogP contribution in [-0.2, 0) is 20.1 Å². The number of alkyl halides is 2. The fourth-order valence-electron chi connectivity index (χ4n) is 3.15. The van der Waals surface area contributed by atoms with Crippen molar-refractivity contribution in [3.8, 4) is 0 Å². The summed E-state index contributed by atoms with van der Waals surface area (Å²) in [5.41, 5.74) is 0. The van der Waals surface area contributed by atoms with Crippen molar-refractivity contribution >= 4 is 20.1 Å². The molecule has 0 aromatic rings. The van der Waals surface area contributed by atoms with Gasteiger partial charge in [-0.1, -0.05) is 26.7 Å². The van der Waals surface area contributed by atoms with Crippen LogP contribution in [0.5, 0.6) is 0 Å². The molecule has 0 aromatic carbocycles. The van der Waals surface area contributed by atoms with Crippen LogP contribution in [0.2, 0.25) is 0 Å². The zero-order chi connectivity index (χ0) is 18.8. The predicted octanol–water partition coefficient (Wildman–Crippen LogP) is 2.66. The van der Waals surface area contributed by atoms with Crippen molar-refractivity contribution in [2.75, 3.05) is 13.1 Å². The van der Waals surface area contributed by atoms with Gasteiger partial charge in [-0.25, -0.2) is 21.5 Å². The minimum Gasteiger partial charge on any atom is -0.285 e. The van der Waals surface area contributed by atoms with Crippen molar-refractivity contribution in [2.24, 2.45) is 0 Å². The molecule has 144 valence electrons. The van der Waals surface area contributed by atoms with E-state index in [1.807, 2.05) is 0 Å². The lowest BCUT2D eigenvalue weighted by Gasteiger charge is -2.41. The lowest BCUT2D eigenvalue weighted by Crippen LogP contribution is -2.62. The third kappa shape index (κ3) is 3.76. The maximum Gasteiger partial charge on any atom is 0.287 e. The molecule has 0 spiro atoms. The summed E-state index contributed by atoms with van der Waals surface area (Å²) in [5, 5.41) is -2.46. The summed E-state index contributed by atoms with van der Waals surface area (Å²) < 4.78 is 86.4. The van der Waals surface area contributed by atoms with Gasteiger partial charge in [0.1, 0.15) is 4.75 Å². The lowest BCUT2D eigenvalue weighted by atomic mass is 9.95. The molecule has 1 fully saturated rings. The summed E-state index contributed by atoms with van der Waals surface area (Å²) in [6, 6.07) is 0. The van der Waals surface area contributed by atoms with Crippen LogP contribution >= 0.6 is 0 Å². The minimum atomic E-state index is -5.10. The molecule has 2 unspecified atom stereocenters. The van der Waals surface area contributed by atoms with Gasteiger partial charge in [0.2, 0.25) is 10.0 Å². The Bertz CT molecular complexity index is 628. The van der Waals surface area contributed by atoms with Crippen LogP contribution in [0.25, 0.3) is 0 Å². The van der Waals surface area contributed by atoms with E-state index >= 15 is 8.78 Å².